The Labute approximate surface area is 158 Å². The number of nitrogens with one attached hydrogen (secondary N) is 1. The number of piperidine rings is 1. The van der Waals surface area contributed by atoms with Crippen molar-refractivity contribution >= 4 is 27.4 Å². The molecule has 0 radical (unpaired) electrons. The van der Waals surface area contributed by atoms with Gasteiger partial charge in [-0.25, -0.2) is 0 Å². The van der Waals surface area contributed by atoms with Gasteiger partial charge in [0, 0.05) is 23.5 Å². The number of hydrogen-bond acceptors (Lipinski definition) is 6. The maximum atomic E-state index is 12.8. The molecular weight excluding hydrogens is 375 g/mol. The molecule has 9 heteroatoms. The summed E-state index contributed by atoms with van der Waals surface area (Å²) in [7, 11) is 2.09. The molecule has 1 aromatic carbocycles. The lowest BCUT2D eigenvalue weighted by Crippen LogP contribution is -2.39. The molecule has 1 saturated heterocycles. The highest BCUT2D eigenvalue weighted by atomic mass is 32.1. The molecule has 0 amide bonds. The largest absolute Gasteiger partial charge is 0.416 e. The molecule has 27 heavy (non-hydrogen) atoms. The van der Waals surface area contributed by atoms with Crippen LogP contribution in [0.3, 0.4) is 0 Å². The first-order valence-corrected chi connectivity index (χ1v) is 9.43. The van der Waals surface area contributed by atoms with Crippen molar-refractivity contribution in [3.8, 4) is 11.3 Å². The topological polar surface area (TPSA) is 53.9 Å². The smallest absolute Gasteiger partial charge is 0.363 e. The Bertz CT molecular complexity index is 938. The van der Waals surface area contributed by atoms with Crippen molar-refractivity contribution in [1.29, 1.82) is 0 Å². The molecule has 0 spiro atoms. The van der Waals surface area contributed by atoms with Crippen molar-refractivity contribution in [2.24, 2.45) is 0 Å². The van der Waals surface area contributed by atoms with Crippen molar-refractivity contribution in [3.05, 3.63) is 36.0 Å². The molecule has 1 atom stereocenters. The Kier molecular flexibility index (Phi) is 4.73. The molecule has 0 aliphatic carbocycles. The Balaban J connectivity index is 1.65. The van der Waals surface area contributed by atoms with Gasteiger partial charge in [0.05, 0.1) is 11.8 Å². The Morgan fingerprint density at radius 2 is 1.96 bits per heavy atom. The van der Waals surface area contributed by atoms with Crippen LogP contribution < -0.4 is 5.32 Å². The van der Waals surface area contributed by atoms with E-state index < -0.39 is 11.7 Å². The summed E-state index contributed by atoms with van der Waals surface area (Å²) in [4.78, 5) is 2.27. The van der Waals surface area contributed by atoms with Gasteiger partial charge in [-0.05, 0) is 50.1 Å². The van der Waals surface area contributed by atoms with Crippen molar-refractivity contribution < 1.29 is 13.2 Å². The Morgan fingerprint density at radius 3 is 2.67 bits per heavy atom. The minimum atomic E-state index is -4.36. The van der Waals surface area contributed by atoms with Gasteiger partial charge in [-0.15, -0.1) is 10.2 Å². The molecule has 0 saturated carbocycles. The second-order valence-electron chi connectivity index (χ2n) is 6.79. The van der Waals surface area contributed by atoms with E-state index in [-0.39, 0.29) is 0 Å². The lowest BCUT2D eigenvalue weighted by atomic mass is 10.1. The second kappa shape index (κ2) is 7.05. The summed E-state index contributed by atoms with van der Waals surface area (Å²) < 4.78 is 43.5. The quantitative estimate of drug-likeness (QED) is 0.720. The summed E-state index contributed by atoms with van der Waals surface area (Å²) in [5.41, 5.74) is 0.446. The van der Waals surface area contributed by atoms with Crippen LogP contribution in [-0.4, -0.2) is 45.6 Å². The average Bonchev–Trinajstić information content (AvgIpc) is 3.12. The number of halogens is 3. The van der Waals surface area contributed by atoms with Gasteiger partial charge >= 0.3 is 6.18 Å². The van der Waals surface area contributed by atoms with Crippen molar-refractivity contribution in [3.63, 3.8) is 0 Å². The SMILES string of the molecule is CN1CCC[C@@H](Nc2nnc(-c3ccc(C(F)(F)F)cc3)c3cnsc23)C1. The molecule has 0 bridgehead atoms. The van der Waals surface area contributed by atoms with E-state index in [2.05, 4.69) is 31.8 Å². The first kappa shape index (κ1) is 18.1. The van der Waals surface area contributed by atoms with Crippen LogP contribution in [0, 0.1) is 0 Å². The molecule has 1 aliphatic heterocycles. The summed E-state index contributed by atoms with van der Waals surface area (Å²) in [5, 5.41) is 12.8. The average molecular weight is 393 g/mol. The Hall–Kier alpha value is -2.26. The number of alkyl halides is 3. The first-order chi connectivity index (χ1) is 12.9. The van der Waals surface area contributed by atoms with Gasteiger partial charge in [0.2, 0.25) is 0 Å². The number of fused-ring (bicyclic) bond motifs is 1. The van der Waals surface area contributed by atoms with Crippen molar-refractivity contribution in [2.75, 3.05) is 25.5 Å². The van der Waals surface area contributed by atoms with Crippen LogP contribution in [0.2, 0.25) is 0 Å². The van der Waals surface area contributed by atoms with E-state index >= 15 is 0 Å². The van der Waals surface area contributed by atoms with Gasteiger partial charge in [0.1, 0.15) is 10.4 Å². The molecule has 3 heterocycles. The minimum absolute atomic E-state index is 0.292. The fourth-order valence-corrected chi connectivity index (χ4v) is 4.08. The molecule has 1 fully saturated rings. The molecule has 5 nitrogen and oxygen atoms in total. The number of benzene rings is 1. The predicted octanol–water partition coefficient (Wildman–Crippen LogP) is 4.28. The number of likely N-dealkylation sites (N-methyl/N-ethyl adjacent to an activating group) is 1. The van der Waals surface area contributed by atoms with Gasteiger partial charge < -0.3 is 10.2 Å². The summed E-state index contributed by atoms with van der Waals surface area (Å²) in [6.07, 6.45) is -0.478. The zero-order valence-corrected chi connectivity index (χ0v) is 15.4. The maximum Gasteiger partial charge on any atom is 0.416 e. The van der Waals surface area contributed by atoms with Crippen molar-refractivity contribution in [2.45, 2.75) is 25.1 Å². The highest BCUT2D eigenvalue weighted by Gasteiger charge is 2.30. The number of anilines is 1. The van der Waals surface area contributed by atoms with Gasteiger partial charge in [-0.3, -0.25) is 0 Å². The van der Waals surface area contributed by atoms with E-state index in [4.69, 9.17) is 0 Å². The van der Waals surface area contributed by atoms with Gasteiger partial charge in [0.25, 0.3) is 0 Å². The lowest BCUT2D eigenvalue weighted by molar-refractivity contribution is -0.137. The third-order valence-corrected chi connectivity index (χ3v) is 5.55. The van der Waals surface area contributed by atoms with Crippen molar-refractivity contribution in [1.82, 2.24) is 19.5 Å². The summed E-state index contributed by atoms with van der Waals surface area (Å²) >= 11 is 1.31. The molecule has 0 unspecified atom stereocenters. The van der Waals surface area contributed by atoms with Gasteiger partial charge in [0.15, 0.2) is 5.82 Å². The van der Waals surface area contributed by atoms with E-state index in [1.807, 2.05) is 0 Å². The zero-order chi connectivity index (χ0) is 19.0. The van der Waals surface area contributed by atoms with E-state index in [0.717, 1.165) is 48.2 Å². The van der Waals surface area contributed by atoms with E-state index in [0.29, 0.717) is 23.1 Å². The van der Waals surface area contributed by atoms with Gasteiger partial charge in [-0.2, -0.15) is 17.5 Å². The van der Waals surface area contributed by atoms with E-state index in [1.165, 1.54) is 23.7 Å². The monoisotopic (exact) mass is 393 g/mol. The zero-order valence-electron chi connectivity index (χ0n) is 14.6. The molecule has 1 N–H and O–H groups in total. The van der Waals surface area contributed by atoms with Gasteiger partial charge in [-0.1, -0.05) is 12.1 Å². The number of nitrogens with zero attached hydrogens (tertiary/aromatic N) is 4. The summed E-state index contributed by atoms with van der Waals surface area (Å²) in [6, 6.07) is 5.26. The molecular formula is C18H18F3N5S. The first-order valence-electron chi connectivity index (χ1n) is 8.65. The highest BCUT2D eigenvalue weighted by molar-refractivity contribution is 7.14. The van der Waals surface area contributed by atoms with Crippen LogP contribution >= 0.6 is 11.5 Å². The lowest BCUT2D eigenvalue weighted by Gasteiger charge is -2.30. The predicted molar refractivity (Wildman–Crippen MR) is 99.8 cm³/mol. The molecule has 142 valence electrons. The fraction of sp³-hybridized carbons (Fsp3) is 0.389. The van der Waals surface area contributed by atoms with Crippen LogP contribution in [0.1, 0.15) is 18.4 Å². The molecule has 2 aromatic heterocycles. The molecule has 4 rings (SSSR count). The molecule has 1 aliphatic rings. The standard InChI is InChI=1S/C18H18F3N5S/c1-26-8-2-3-13(10-26)23-17-16-14(9-22-27-16)15(24-25-17)11-4-6-12(7-5-11)18(19,20)21/h4-7,9,13H,2-3,8,10H2,1H3,(H,23,25)/t13-/m1/s1. The third-order valence-electron chi connectivity index (χ3n) is 4.74. The number of rotatable bonds is 3. The number of likely N-dealkylation sites (tertiary alicyclic amines) is 1. The number of aromatic nitrogens is 3. The second-order valence-corrected chi connectivity index (χ2v) is 7.59. The Morgan fingerprint density at radius 1 is 1.19 bits per heavy atom. The minimum Gasteiger partial charge on any atom is -0.363 e. The number of hydrogen-bond donors (Lipinski definition) is 1. The fourth-order valence-electron chi connectivity index (χ4n) is 3.38. The highest BCUT2D eigenvalue weighted by Crippen LogP contribution is 2.35. The van der Waals surface area contributed by atoms with E-state index in [1.54, 1.807) is 6.20 Å². The summed E-state index contributed by atoms with van der Waals surface area (Å²) in [6.45, 7) is 2.02. The van der Waals surface area contributed by atoms with Crippen LogP contribution in [0.4, 0.5) is 19.0 Å². The van der Waals surface area contributed by atoms with E-state index in [9.17, 15) is 13.2 Å². The maximum absolute atomic E-state index is 12.8. The molecule has 3 aromatic rings. The van der Waals surface area contributed by atoms with Crippen LogP contribution in [-0.2, 0) is 6.18 Å². The summed E-state index contributed by atoms with van der Waals surface area (Å²) in [5.74, 6) is 0.684. The normalized spacial score (nSPS) is 18.7. The van der Waals surface area contributed by atoms with Crippen LogP contribution in [0.5, 0.6) is 0 Å². The van der Waals surface area contributed by atoms with Crippen LogP contribution in [0.15, 0.2) is 30.5 Å². The third kappa shape index (κ3) is 3.74. The van der Waals surface area contributed by atoms with Crippen LogP contribution in [0.25, 0.3) is 21.3 Å².